The molecule has 0 unspecified atom stereocenters. The van der Waals surface area contributed by atoms with E-state index in [4.69, 9.17) is 0 Å². The van der Waals surface area contributed by atoms with Gasteiger partial charge in [0.05, 0.1) is 0 Å². The van der Waals surface area contributed by atoms with Gasteiger partial charge in [-0.1, -0.05) is 317 Å². The van der Waals surface area contributed by atoms with E-state index in [9.17, 15) is 10.0 Å². The number of benzene rings is 16. The molecule has 18 rings (SSSR count). The molecular formula is C86H62BBrO2. The molecule has 0 saturated heterocycles. The third-order valence-electron chi connectivity index (χ3n) is 19.7. The molecule has 16 aromatic carbocycles. The zero-order valence-corrected chi connectivity index (χ0v) is 52.1. The molecule has 4 heteroatoms. The number of rotatable bonds is 6. The maximum atomic E-state index is 9.30. The van der Waals surface area contributed by atoms with Crippen molar-refractivity contribution in [3.05, 3.63) is 318 Å². The van der Waals surface area contributed by atoms with E-state index in [1.807, 2.05) is 24.3 Å². The molecule has 90 heavy (non-hydrogen) atoms. The van der Waals surface area contributed by atoms with Crippen LogP contribution in [0.5, 0.6) is 0 Å². The van der Waals surface area contributed by atoms with Gasteiger partial charge in [-0.3, -0.25) is 0 Å². The van der Waals surface area contributed by atoms with Crippen LogP contribution in [0.3, 0.4) is 0 Å². The van der Waals surface area contributed by atoms with Crippen LogP contribution in [-0.2, 0) is 10.8 Å². The van der Waals surface area contributed by atoms with Gasteiger partial charge < -0.3 is 10.0 Å². The SMILES string of the molecule is Brc1cc(-c2ccccc2)c2ccc3ccc(-c4ccccc4)c4ccc1c2c34.CC1(C)c2ccccc2-c2ccc(-c3cc(-c4ccccc4)c4ccc5ccc(-c6ccccc6)c6ccc3c4c56)cc21.CC1(C)c2ccccc2-c2ccc(B(O)O)cc21. The van der Waals surface area contributed by atoms with Gasteiger partial charge in [0, 0.05) is 15.3 Å². The summed E-state index contributed by atoms with van der Waals surface area (Å²) >= 11 is 3.85. The van der Waals surface area contributed by atoms with Gasteiger partial charge in [-0.25, -0.2) is 0 Å². The van der Waals surface area contributed by atoms with Gasteiger partial charge in [0.25, 0.3) is 0 Å². The molecule has 2 N–H and O–H groups in total. The summed E-state index contributed by atoms with van der Waals surface area (Å²) in [6.07, 6.45) is 0. The van der Waals surface area contributed by atoms with Crippen molar-refractivity contribution in [3.63, 3.8) is 0 Å². The van der Waals surface area contributed by atoms with E-state index in [0.29, 0.717) is 5.46 Å². The second-order valence-electron chi connectivity index (χ2n) is 25.3. The molecular weight excluding hydrogens is 1160 g/mol. The van der Waals surface area contributed by atoms with Gasteiger partial charge in [-0.05, 0) is 188 Å². The Kier molecular flexibility index (Phi) is 13.3. The van der Waals surface area contributed by atoms with Crippen LogP contribution >= 0.6 is 15.9 Å². The van der Waals surface area contributed by atoms with E-state index in [2.05, 4.69) is 304 Å². The first-order valence-corrected chi connectivity index (χ1v) is 31.9. The highest BCUT2D eigenvalue weighted by atomic mass is 79.9. The summed E-state index contributed by atoms with van der Waals surface area (Å²) in [7, 11) is -1.41. The van der Waals surface area contributed by atoms with Crippen molar-refractivity contribution in [2.24, 2.45) is 0 Å². The van der Waals surface area contributed by atoms with Crippen molar-refractivity contribution in [3.8, 4) is 77.9 Å². The standard InChI is InChI=1S/C43H30.C28H17Br.C15H15BO2/c1-43(2)39-16-10-9-15-32(39)33-21-19-30(25-40(33)43)38-26-37(28-13-7-4-8-14-28)35-22-18-29-17-20-31(27-11-5-3-6-12-27)34-23-24-36(38)42(35)41(29)34;29-26-17-25(19-9-5-2-6-10-19)23-14-12-20-11-13-21(18-7-3-1-4-8-18)22-15-16-24(26)28(23)27(20)22;1-15(2)13-6-4-3-5-11(13)12-8-7-10(16(17)18)9-14(12)15/h3-26H,1-2H3;1-17H;3-9,17-18H,1-2H3. The van der Waals surface area contributed by atoms with E-state index in [0.717, 1.165) is 10.0 Å². The van der Waals surface area contributed by atoms with E-state index in [-0.39, 0.29) is 10.8 Å². The lowest BCUT2D eigenvalue weighted by Gasteiger charge is -2.23. The van der Waals surface area contributed by atoms with Gasteiger partial charge >= 0.3 is 7.12 Å². The van der Waals surface area contributed by atoms with Crippen molar-refractivity contribution in [2.75, 3.05) is 0 Å². The van der Waals surface area contributed by atoms with Crippen molar-refractivity contribution in [2.45, 2.75) is 38.5 Å². The molecule has 2 aliphatic carbocycles. The highest BCUT2D eigenvalue weighted by molar-refractivity contribution is 9.10. The molecule has 428 valence electrons. The first-order chi connectivity index (χ1) is 43.9. The first kappa shape index (κ1) is 55.4. The summed E-state index contributed by atoms with van der Waals surface area (Å²) in [4.78, 5) is 0. The van der Waals surface area contributed by atoms with Crippen LogP contribution in [0.25, 0.3) is 143 Å². The summed E-state index contributed by atoms with van der Waals surface area (Å²) < 4.78 is 1.14. The van der Waals surface area contributed by atoms with Gasteiger partial charge in [-0.2, -0.15) is 0 Å². The molecule has 0 heterocycles. The average Bonchev–Trinajstić information content (AvgIpc) is 1.17. The molecule has 0 spiro atoms. The van der Waals surface area contributed by atoms with E-state index in [1.54, 1.807) is 6.07 Å². The second-order valence-corrected chi connectivity index (χ2v) is 26.2. The number of halogens is 1. The molecule has 2 nitrogen and oxygen atoms in total. The monoisotopic (exact) mass is 1220 g/mol. The third-order valence-corrected chi connectivity index (χ3v) is 20.3. The molecule has 0 saturated carbocycles. The summed E-state index contributed by atoms with van der Waals surface area (Å²) in [5.74, 6) is 0. The largest absolute Gasteiger partial charge is 0.488 e. The van der Waals surface area contributed by atoms with E-state index >= 15 is 0 Å². The lowest BCUT2D eigenvalue weighted by molar-refractivity contribution is 0.425. The lowest BCUT2D eigenvalue weighted by Crippen LogP contribution is -2.31. The van der Waals surface area contributed by atoms with Crippen molar-refractivity contribution < 1.29 is 10.0 Å². The van der Waals surface area contributed by atoms with E-state index < -0.39 is 7.12 Å². The Morgan fingerprint density at radius 3 is 1.07 bits per heavy atom. The molecule has 16 aromatic rings. The Bertz CT molecular complexity index is 5440. The van der Waals surface area contributed by atoms with Crippen LogP contribution in [-0.4, -0.2) is 17.2 Å². The minimum atomic E-state index is -1.41. The number of hydrogen-bond acceptors (Lipinski definition) is 2. The molecule has 2 aliphatic rings. The fourth-order valence-electron chi connectivity index (χ4n) is 15.2. The van der Waals surface area contributed by atoms with Gasteiger partial charge in [0.15, 0.2) is 0 Å². The van der Waals surface area contributed by atoms with Crippen LogP contribution in [0.15, 0.2) is 296 Å². The maximum absolute atomic E-state index is 9.30. The molecule has 0 fully saturated rings. The topological polar surface area (TPSA) is 40.5 Å². The second kappa shape index (κ2) is 21.7. The summed E-state index contributed by atoms with van der Waals surface area (Å²) in [5, 5.41) is 34.4. The quantitative estimate of drug-likeness (QED) is 0.129. The number of fused-ring (bicyclic) bond motifs is 6. The van der Waals surface area contributed by atoms with E-state index in [1.165, 1.54) is 159 Å². The summed E-state index contributed by atoms with van der Waals surface area (Å²) in [6.45, 7) is 9.08. The normalized spacial score (nSPS) is 13.2. The van der Waals surface area contributed by atoms with Crippen molar-refractivity contribution in [1.82, 2.24) is 0 Å². The highest BCUT2D eigenvalue weighted by Crippen LogP contribution is 2.53. The zero-order chi connectivity index (χ0) is 61.0. The first-order valence-electron chi connectivity index (χ1n) is 31.1. The zero-order valence-electron chi connectivity index (χ0n) is 50.6. The van der Waals surface area contributed by atoms with Crippen LogP contribution < -0.4 is 5.46 Å². The minimum Gasteiger partial charge on any atom is -0.423 e. The molecule has 0 aliphatic heterocycles. The van der Waals surface area contributed by atoms with Crippen LogP contribution in [0.2, 0.25) is 0 Å². The van der Waals surface area contributed by atoms with Crippen LogP contribution in [0.4, 0.5) is 0 Å². The van der Waals surface area contributed by atoms with Gasteiger partial charge in [0.1, 0.15) is 0 Å². The summed E-state index contributed by atoms with van der Waals surface area (Å²) in [6, 6.07) is 105. The minimum absolute atomic E-state index is 0.0431. The predicted octanol–water partition coefficient (Wildman–Crippen LogP) is 22.2. The van der Waals surface area contributed by atoms with Gasteiger partial charge in [-0.15, -0.1) is 0 Å². The maximum Gasteiger partial charge on any atom is 0.488 e. The Labute approximate surface area is 534 Å². The fourth-order valence-corrected chi connectivity index (χ4v) is 15.8. The highest BCUT2D eigenvalue weighted by Gasteiger charge is 2.37. The summed E-state index contributed by atoms with van der Waals surface area (Å²) in [5.41, 5.74) is 23.6. The molecule has 0 aromatic heterocycles. The number of hydrogen-bond donors (Lipinski definition) is 2. The lowest BCUT2D eigenvalue weighted by atomic mass is 9.75. The Morgan fingerprint density at radius 1 is 0.256 bits per heavy atom. The smallest absolute Gasteiger partial charge is 0.423 e. The van der Waals surface area contributed by atoms with Crippen LogP contribution in [0, 0.1) is 0 Å². The predicted molar refractivity (Wildman–Crippen MR) is 387 cm³/mol. The Hall–Kier alpha value is -9.94. The molecule has 0 radical (unpaired) electrons. The third kappa shape index (κ3) is 8.91. The average molecular weight is 1220 g/mol. The van der Waals surface area contributed by atoms with Crippen molar-refractivity contribution in [1.29, 1.82) is 0 Å². The van der Waals surface area contributed by atoms with Crippen molar-refractivity contribution >= 4 is 93.1 Å². The Morgan fingerprint density at radius 2 is 0.589 bits per heavy atom. The molecule has 0 atom stereocenters. The Balaban J connectivity index is 0.000000119. The molecule has 0 amide bonds. The van der Waals surface area contributed by atoms with Gasteiger partial charge in [0.2, 0.25) is 0 Å². The fraction of sp³-hybridized carbons (Fsp3) is 0.0698. The molecule has 0 bridgehead atoms. The van der Waals surface area contributed by atoms with Crippen LogP contribution in [0.1, 0.15) is 49.9 Å².